The van der Waals surface area contributed by atoms with Crippen molar-refractivity contribution in [3.8, 4) is 11.1 Å². The van der Waals surface area contributed by atoms with Crippen molar-refractivity contribution >= 4 is 24.1 Å². The molecule has 0 spiro atoms. The molecule has 2 aromatic carbocycles. The van der Waals surface area contributed by atoms with Crippen molar-refractivity contribution in [3.63, 3.8) is 0 Å². The number of hydrogen-bond donors (Lipinski definition) is 3. The Morgan fingerprint density at radius 2 is 1.48 bits per heavy atom. The van der Waals surface area contributed by atoms with Crippen molar-refractivity contribution in [3.05, 3.63) is 59.7 Å². The van der Waals surface area contributed by atoms with Gasteiger partial charge in [0.2, 0.25) is 5.91 Å². The van der Waals surface area contributed by atoms with Gasteiger partial charge in [-0.3, -0.25) is 9.59 Å². The van der Waals surface area contributed by atoms with Crippen molar-refractivity contribution in [1.29, 1.82) is 0 Å². The van der Waals surface area contributed by atoms with E-state index in [9.17, 15) is 19.2 Å². The molecule has 0 aliphatic heterocycles. The molecule has 1 atom stereocenters. The van der Waals surface area contributed by atoms with Crippen LogP contribution in [0, 0.1) is 0 Å². The highest BCUT2D eigenvalue weighted by atomic mass is 16.6. The molecule has 3 rings (SSSR count). The first-order valence-corrected chi connectivity index (χ1v) is 14.6. The van der Waals surface area contributed by atoms with E-state index in [2.05, 4.69) is 40.2 Å². The van der Waals surface area contributed by atoms with Crippen LogP contribution in [0.4, 0.5) is 9.59 Å². The molecule has 3 N–H and O–H groups in total. The van der Waals surface area contributed by atoms with Crippen LogP contribution in [-0.2, 0) is 23.8 Å². The molecular formula is C32H43N3O7. The van der Waals surface area contributed by atoms with Crippen LogP contribution in [0.15, 0.2) is 48.5 Å². The first kappa shape index (κ1) is 32.4. The van der Waals surface area contributed by atoms with Crippen LogP contribution in [0.2, 0.25) is 0 Å². The minimum Gasteiger partial charge on any atom is -0.464 e. The first-order valence-electron chi connectivity index (χ1n) is 14.6. The predicted molar refractivity (Wildman–Crippen MR) is 159 cm³/mol. The molecule has 0 fully saturated rings. The van der Waals surface area contributed by atoms with Crippen LogP contribution >= 0.6 is 0 Å². The van der Waals surface area contributed by atoms with E-state index in [1.54, 1.807) is 20.8 Å². The molecule has 0 bridgehead atoms. The van der Waals surface area contributed by atoms with Gasteiger partial charge in [-0.2, -0.15) is 0 Å². The van der Waals surface area contributed by atoms with Crippen molar-refractivity contribution in [2.75, 3.05) is 26.3 Å². The van der Waals surface area contributed by atoms with E-state index in [4.69, 9.17) is 14.2 Å². The lowest BCUT2D eigenvalue weighted by atomic mass is 9.98. The molecule has 3 amide bonds. The summed E-state index contributed by atoms with van der Waals surface area (Å²) in [5.74, 6) is -1.08. The fourth-order valence-electron chi connectivity index (χ4n) is 4.70. The number of benzene rings is 2. The monoisotopic (exact) mass is 581 g/mol. The van der Waals surface area contributed by atoms with Gasteiger partial charge in [-0.05, 0) is 68.7 Å². The Morgan fingerprint density at radius 1 is 0.833 bits per heavy atom. The van der Waals surface area contributed by atoms with E-state index in [-0.39, 0.29) is 25.5 Å². The quantitative estimate of drug-likeness (QED) is 0.162. The zero-order valence-electron chi connectivity index (χ0n) is 25.0. The van der Waals surface area contributed by atoms with E-state index < -0.39 is 35.7 Å². The minimum atomic E-state index is -0.919. The summed E-state index contributed by atoms with van der Waals surface area (Å²) >= 11 is 0. The highest BCUT2D eigenvalue weighted by Gasteiger charge is 2.29. The highest BCUT2D eigenvalue weighted by molar-refractivity contribution is 5.88. The lowest BCUT2D eigenvalue weighted by molar-refractivity contribution is -0.144. The van der Waals surface area contributed by atoms with Gasteiger partial charge in [-0.25, -0.2) is 9.59 Å². The average molecular weight is 582 g/mol. The van der Waals surface area contributed by atoms with Gasteiger partial charge in [0.15, 0.2) is 0 Å². The number of unbranched alkanes of at least 4 members (excludes halogenated alkanes) is 2. The summed E-state index contributed by atoms with van der Waals surface area (Å²) in [6.45, 7) is 7.72. The number of ether oxygens (including phenoxy) is 3. The van der Waals surface area contributed by atoms with Crippen LogP contribution in [0.25, 0.3) is 11.1 Å². The smallest absolute Gasteiger partial charge is 0.408 e. The van der Waals surface area contributed by atoms with Gasteiger partial charge >= 0.3 is 18.2 Å². The second-order valence-electron chi connectivity index (χ2n) is 11.2. The molecule has 1 aliphatic rings. The Morgan fingerprint density at radius 3 is 2.10 bits per heavy atom. The maximum absolute atomic E-state index is 12.8. The van der Waals surface area contributed by atoms with Gasteiger partial charge < -0.3 is 30.2 Å². The molecule has 228 valence electrons. The Bertz CT molecular complexity index is 1180. The van der Waals surface area contributed by atoms with E-state index in [1.807, 2.05) is 31.2 Å². The van der Waals surface area contributed by atoms with E-state index >= 15 is 0 Å². The summed E-state index contributed by atoms with van der Waals surface area (Å²) in [6, 6.07) is 15.4. The van der Waals surface area contributed by atoms with E-state index in [0.717, 1.165) is 35.1 Å². The number of esters is 1. The third kappa shape index (κ3) is 10.1. The summed E-state index contributed by atoms with van der Waals surface area (Å²) < 4.78 is 15.9. The zero-order valence-corrected chi connectivity index (χ0v) is 25.0. The fraction of sp³-hybridized carbons (Fsp3) is 0.500. The average Bonchev–Trinajstić information content (AvgIpc) is 3.26. The lowest BCUT2D eigenvalue weighted by Crippen LogP contribution is -2.49. The topological polar surface area (TPSA) is 132 Å². The molecule has 0 aromatic heterocycles. The number of alkyl carbamates (subject to hydrolysis) is 2. The molecule has 0 saturated heterocycles. The van der Waals surface area contributed by atoms with Crippen LogP contribution < -0.4 is 16.0 Å². The molecule has 0 saturated carbocycles. The number of carbonyl (C=O) groups is 4. The van der Waals surface area contributed by atoms with Gasteiger partial charge in [0.05, 0.1) is 6.61 Å². The Labute approximate surface area is 247 Å². The number of hydrogen-bond acceptors (Lipinski definition) is 7. The third-order valence-corrected chi connectivity index (χ3v) is 6.71. The lowest BCUT2D eigenvalue weighted by Gasteiger charge is -2.23. The number of rotatable bonds is 14. The fourth-order valence-corrected chi connectivity index (χ4v) is 4.70. The number of carbonyl (C=O) groups excluding carboxylic acids is 4. The number of fused-ring (bicyclic) bond motifs is 3. The van der Waals surface area contributed by atoms with Crippen molar-refractivity contribution < 1.29 is 33.4 Å². The van der Waals surface area contributed by atoms with Crippen LogP contribution in [0.1, 0.15) is 76.8 Å². The maximum Gasteiger partial charge on any atom is 0.408 e. The largest absolute Gasteiger partial charge is 0.464 e. The van der Waals surface area contributed by atoms with Crippen LogP contribution in [-0.4, -0.2) is 62.0 Å². The Balaban J connectivity index is 1.43. The van der Waals surface area contributed by atoms with Crippen LogP contribution in [0.3, 0.4) is 0 Å². The summed E-state index contributed by atoms with van der Waals surface area (Å²) in [7, 11) is 0. The van der Waals surface area contributed by atoms with E-state index in [1.165, 1.54) is 0 Å². The second-order valence-corrected chi connectivity index (χ2v) is 11.2. The molecule has 10 heteroatoms. The Hall–Kier alpha value is -4.08. The molecule has 2 aromatic rings. The highest BCUT2D eigenvalue weighted by Crippen LogP contribution is 2.44. The predicted octanol–water partition coefficient (Wildman–Crippen LogP) is 5.05. The molecule has 0 radical (unpaired) electrons. The van der Waals surface area contributed by atoms with Gasteiger partial charge in [0, 0.05) is 12.5 Å². The van der Waals surface area contributed by atoms with Gasteiger partial charge in [-0.15, -0.1) is 0 Å². The second kappa shape index (κ2) is 15.8. The van der Waals surface area contributed by atoms with Crippen LogP contribution in [0.5, 0.6) is 0 Å². The molecular weight excluding hydrogens is 538 g/mol. The van der Waals surface area contributed by atoms with Gasteiger partial charge in [0.1, 0.15) is 24.8 Å². The number of nitrogens with one attached hydrogen (secondary N) is 3. The van der Waals surface area contributed by atoms with Crippen molar-refractivity contribution in [1.82, 2.24) is 16.0 Å². The summed E-state index contributed by atoms with van der Waals surface area (Å²) in [4.78, 5) is 49.4. The first-order chi connectivity index (χ1) is 20.1. The molecule has 42 heavy (non-hydrogen) atoms. The SMILES string of the molecule is CCCCOC(=O)CNC(=O)C(CCCCNC(=O)OCC1c2ccccc2-c2ccccc21)NC(=O)OC(C)(C)C. The summed E-state index contributed by atoms with van der Waals surface area (Å²) in [5.41, 5.74) is 3.87. The molecule has 1 unspecified atom stereocenters. The van der Waals surface area contributed by atoms with Crippen molar-refractivity contribution in [2.24, 2.45) is 0 Å². The van der Waals surface area contributed by atoms with Crippen molar-refractivity contribution in [2.45, 2.75) is 77.4 Å². The zero-order chi connectivity index (χ0) is 30.5. The van der Waals surface area contributed by atoms with Gasteiger partial charge in [0.25, 0.3) is 0 Å². The molecule has 1 aliphatic carbocycles. The standard InChI is InChI=1S/C32H43N3O7/c1-5-6-19-40-28(36)20-34-29(37)27(35-31(39)42-32(2,3)4)17-11-12-18-33-30(38)41-21-26-24-15-9-7-13-22(24)23-14-8-10-16-25(23)26/h7-10,13-16,26-27H,5-6,11-12,17-21H2,1-4H3,(H,33,38)(H,34,37)(H,35,39). The number of amides is 3. The molecule has 10 nitrogen and oxygen atoms in total. The third-order valence-electron chi connectivity index (χ3n) is 6.71. The molecule has 0 heterocycles. The van der Waals surface area contributed by atoms with E-state index in [0.29, 0.717) is 26.0 Å². The maximum atomic E-state index is 12.8. The van der Waals surface area contributed by atoms with Gasteiger partial charge in [-0.1, -0.05) is 61.9 Å². The minimum absolute atomic E-state index is 0.0229. The summed E-state index contributed by atoms with van der Waals surface area (Å²) in [6.07, 6.45) is 1.72. The summed E-state index contributed by atoms with van der Waals surface area (Å²) in [5, 5.41) is 7.86. The Kier molecular flexibility index (Phi) is 12.2. The normalized spacial score (nSPS) is 12.9.